The summed E-state index contributed by atoms with van der Waals surface area (Å²) in [6.45, 7) is 5.17. The molecule has 1 aliphatic heterocycles. The standard InChI is InChI=1S/C14H19F4N3/c1-10(9-19)20-4-6-21(7-5-20)13-3-2-11(8-12(13)15)14(16,17)18/h2-3,8,10H,4-7,9,19H2,1H3. The number of nitrogens with two attached hydrogens (primary N) is 1. The first-order valence-electron chi connectivity index (χ1n) is 6.88. The van der Waals surface area contributed by atoms with Crippen LogP contribution in [0.1, 0.15) is 12.5 Å². The molecule has 0 bridgehead atoms. The number of halogens is 4. The lowest BCUT2D eigenvalue weighted by molar-refractivity contribution is -0.137. The molecule has 3 nitrogen and oxygen atoms in total. The Balaban J connectivity index is 2.07. The number of hydrogen-bond acceptors (Lipinski definition) is 3. The van der Waals surface area contributed by atoms with Crippen LogP contribution in [0.15, 0.2) is 18.2 Å². The minimum Gasteiger partial charge on any atom is -0.367 e. The Morgan fingerprint density at radius 1 is 1.19 bits per heavy atom. The Labute approximate surface area is 121 Å². The van der Waals surface area contributed by atoms with Crippen LogP contribution in [0.4, 0.5) is 23.2 Å². The maximum atomic E-state index is 13.9. The number of rotatable bonds is 3. The van der Waals surface area contributed by atoms with Gasteiger partial charge >= 0.3 is 6.18 Å². The van der Waals surface area contributed by atoms with Gasteiger partial charge in [0.15, 0.2) is 0 Å². The highest BCUT2D eigenvalue weighted by Crippen LogP contribution is 2.32. The molecular weight excluding hydrogens is 286 g/mol. The SMILES string of the molecule is CC(CN)N1CCN(c2ccc(C(F)(F)F)cc2F)CC1. The Morgan fingerprint density at radius 2 is 1.81 bits per heavy atom. The van der Waals surface area contributed by atoms with E-state index in [9.17, 15) is 17.6 Å². The van der Waals surface area contributed by atoms with Gasteiger partial charge in [0, 0.05) is 38.8 Å². The first kappa shape index (κ1) is 16.0. The first-order chi connectivity index (χ1) is 9.82. The van der Waals surface area contributed by atoms with Crippen molar-refractivity contribution in [2.45, 2.75) is 19.1 Å². The molecule has 0 aliphatic carbocycles. The molecule has 2 N–H and O–H groups in total. The fraction of sp³-hybridized carbons (Fsp3) is 0.571. The average molecular weight is 305 g/mol. The Hall–Kier alpha value is -1.34. The quantitative estimate of drug-likeness (QED) is 0.870. The van der Waals surface area contributed by atoms with E-state index in [0.717, 1.165) is 19.2 Å². The van der Waals surface area contributed by atoms with Crippen LogP contribution in [0, 0.1) is 5.82 Å². The molecule has 0 radical (unpaired) electrons. The van der Waals surface area contributed by atoms with Crippen LogP contribution in [0.25, 0.3) is 0 Å². The molecule has 1 fully saturated rings. The zero-order valence-electron chi connectivity index (χ0n) is 11.8. The summed E-state index contributed by atoms with van der Waals surface area (Å²) in [7, 11) is 0. The van der Waals surface area contributed by atoms with Crippen molar-refractivity contribution < 1.29 is 17.6 Å². The van der Waals surface area contributed by atoms with E-state index in [1.807, 2.05) is 6.92 Å². The molecule has 1 saturated heterocycles. The number of hydrogen-bond donors (Lipinski definition) is 1. The summed E-state index contributed by atoms with van der Waals surface area (Å²) in [6, 6.07) is 2.95. The Morgan fingerprint density at radius 3 is 2.29 bits per heavy atom. The zero-order chi connectivity index (χ0) is 15.6. The smallest absolute Gasteiger partial charge is 0.367 e. The lowest BCUT2D eigenvalue weighted by Gasteiger charge is -2.39. The molecule has 1 unspecified atom stereocenters. The van der Waals surface area contributed by atoms with Crippen LogP contribution in [0.3, 0.4) is 0 Å². The van der Waals surface area contributed by atoms with Gasteiger partial charge in [-0.15, -0.1) is 0 Å². The number of anilines is 1. The van der Waals surface area contributed by atoms with Gasteiger partial charge in [-0.1, -0.05) is 0 Å². The van der Waals surface area contributed by atoms with Crippen molar-refractivity contribution in [3.05, 3.63) is 29.6 Å². The molecular formula is C14H19F4N3. The maximum absolute atomic E-state index is 13.9. The van der Waals surface area contributed by atoms with Crippen molar-refractivity contribution in [1.29, 1.82) is 0 Å². The molecule has 0 spiro atoms. The van der Waals surface area contributed by atoms with Gasteiger partial charge < -0.3 is 10.6 Å². The summed E-state index contributed by atoms with van der Waals surface area (Å²) in [5.41, 5.74) is 4.87. The van der Waals surface area contributed by atoms with Crippen LogP contribution in [-0.2, 0) is 6.18 Å². The molecule has 1 aromatic rings. The molecule has 1 heterocycles. The Kier molecular flexibility index (Phi) is 4.73. The largest absolute Gasteiger partial charge is 0.416 e. The number of piperazine rings is 1. The van der Waals surface area contributed by atoms with E-state index in [4.69, 9.17) is 5.73 Å². The molecule has 1 atom stereocenters. The fourth-order valence-electron chi connectivity index (χ4n) is 2.49. The highest BCUT2D eigenvalue weighted by atomic mass is 19.4. The first-order valence-corrected chi connectivity index (χ1v) is 6.88. The summed E-state index contributed by atoms with van der Waals surface area (Å²) in [6.07, 6.45) is -4.52. The van der Waals surface area contributed by atoms with Gasteiger partial charge in [0.2, 0.25) is 0 Å². The number of alkyl halides is 3. The van der Waals surface area contributed by atoms with Crippen molar-refractivity contribution in [1.82, 2.24) is 4.90 Å². The highest BCUT2D eigenvalue weighted by molar-refractivity contribution is 5.50. The van der Waals surface area contributed by atoms with Gasteiger partial charge in [-0.3, -0.25) is 4.90 Å². The normalized spacial score (nSPS) is 18.9. The lowest BCUT2D eigenvalue weighted by Crippen LogP contribution is -2.51. The van der Waals surface area contributed by atoms with Crippen LogP contribution in [0.5, 0.6) is 0 Å². The summed E-state index contributed by atoms with van der Waals surface area (Å²) in [5.74, 6) is -0.829. The summed E-state index contributed by atoms with van der Waals surface area (Å²) in [5, 5.41) is 0. The molecule has 0 saturated carbocycles. The second kappa shape index (κ2) is 6.19. The lowest BCUT2D eigenvalue weighted by atomic mass is 10.1. The van der Waals surface area contributed by atoms with Crippen molar-refractivity contribution in [2.24, 2.45) is 5.73 Å². The van der Waals surface area contributed by atoms with E-state index in [-0.39, 0.29) is 11.7 Å². The van der Waals surface area contributed by atoms with Gasteiger partial charge in [-0.2, -0.15) is 13.2 Å². The fourth-order valence-corrected chi connectivity index (χ4v) is 2.49. The topological polar surface area (TPSA) is 32.5 Å². The van der Waals surface area contributed by atoms with Gasteiger partial charge in [-0.05, 0) is 25.1 Å². The van der Waals surface area contributed by atoms with E-state index in [0.29, 0.717) is 25.7 Å². The molecule has 21 heavy (non-hydrogen) atoms. The monoisotopic (exact) mass is 305 g/mol. The third-order valence-corrected chi connectivity index (χ3v) is 3.89. The van der Waals surface area contributed by atoms with Crippen LogP contribution >= 0.6 is 0 Å². The highest BCUT2D eigenvalue weighted by Gasteiger charge is 2.32. The molecule has 1 aromatic carbocycles. The molecule has 0 amide bonds. The van der Waals surface area contributed by atoms with E-state index in [1.54, 1.807) is 4.90 Å². The molecule has 1 aliphatic rings. The predicted molar refractivity (Wildman–Crippen MR) is 73.7 cm³/mol. The minimum atomic E-state index is -4.52. The molecule has 118 valence electrons. The summed E-state index contributed by atoms with van der Waals surface area (Å²) < 4.78 is 51.5. The van der Waals surface area contributed by atoms with Gasteiger partial charge in [0.1, 0.15) is 5.82 Å². The second-order valence-electron chi connectivity index (χ2n) is 5.27. The van der Waals surface area contributed by atoms with Crippen molar-refractivity contribution in [2.75, 3.05) is 37.6 Å². The van der Waals surface area contributed by atoms with Gasteiger partial charge in [0.25, 0.3) is 0 Å². The van der Waals surface area contributed by atoms with E-state index < -0.39 is 17.6 Å². The van der Waals surface area contributed by atoms with Crippen LogP contribution in [0.2, 0.25) is 0 Å². The predicted octanol–water partition coefficient (Wildman–Crippen LogP) is 2.31. The maximum Gasteiger partial charge on any atom is 0.416 e. The zero-order valence-corrected chi connectivity index (χ0v) is 11.8. The van der Waals surface area contributed by atoms with E-state index in [2.05, 4.69) is 4.90 Å². The molecule has 0 aromatic heterocycles. The van der Waals surface area contributed by atoms with Gasteiger partial charge in [-0.25, -0.2) is 4.39 Å². The van der Waals surface area contributed by atoms with Crippen molar-refractivity contribution in [3.63, 3.8) is 0 Å². The summed E-state index contributed by atoms with van der Waals surface area (Å²) in [4.78, 5) is 3.97. The van der Waals surface area contributed by atoms with Crippen LogP contribution in [-0.4, -0.2) is 43.7 Å². The molecule has 7 heteroatoms. The minimum absolute atomic E-state index is 0.225. The average Bonchev–Trinajstić information content (AvgIpc) is 2.45. The van der Waals surface area contributed by atoms with E-state index in [1.165, 1.54) is 6.07 Å². The summed E-state index contributed by atoms with van der Waals surface area (Å²) >= 11 is 0. The van der Waals surface area contributed by atoms with Crippen molar-refractivity contribution >= 4 is 5.69 Å². The Bertz CT molecular complexity index is 482. The second-order valence-corrected chi connectivity index (χ2v) is 5.27. The number of nitrogens with zero attached hydrogens (tertiary/aromatic N) is 2. The third kappa shape index (κ3) is 3.65. The van der Waals surface area contributed by atoms with Crippen LogP contribution < -0.4 is 10.6 Å². The van der Waals surface area contributed by atoms with E-state index >= 15 is 0 Å². The van der Waals surface area contributed by atoms with Gasteiger partial charge in [0.05, 0.1) is 11.3 Å². The number of benzene rings is 1. The molecule has 2 rings (SSSR count). The van der Waals surface area contributed by atoms with Crippen molar-refractivity contribution in [3.8, 4) is 0 Å². The third-order valence-electron chi connectivity index (χ3n) is 3.89.